The van der Waals surface area contributed by atoms with Crippen LogP contribution in [0.3, 0.4) is 0 Å². The number of esters is 1. The third-order valence-electron chi connectivity index (χ3n) is 4.71. The first-order valence-electron chi connectivity index (χ1n) is 9.76. The van der Waals surface area contributed by atoms with Crippen LogP contribution in [0, 0.1) is 0 Å². The van der Waals surface area contributed by atoms with Crippen molar-refractivity contribution in [3.8, 4) is 0 Å². The van der Waals surface area contributed by atoms with Crippen LogP contribution in [0.1, 0.15) is 20.7 Å². The SMILES string of the molecule is COCCNC(=O)c1cc(C(=O)OC)ccc1NC(=O)Nc1csc(N2CC(OC)C2)n1. The van der Waals surface area contributed by atoms with Gasteiger partial charge in [0.05, 0.1) is 36.6 Å². The lowest BCUT2D eigenvalue weighted by molar-refractivity contribution is 0.0600. The highest BCUT2D eigenvalue weighted by Crippen LogP contribution is 2.28. The highest BCUT2D eigenvalue weighted by molar-refractivity contribution is 7.14. The highest BCUT2D eigenvalue weighted by atomic mass is 32.1. The number of hydrogen-bond acceptors (Lipinski definition) is 9. The molecule has 0 radical (unpaired) electrons. The van der Waals surface area contributed by atoms with Crippen LogP contribution in [0.25, 0.3) is 0 Å². The van der Waals surface area contributed by atoms with E-state index < -0.39 is 17.9 Å². The van der Waals surface area contributed by atoms with Gasteiger partial charge in [-0.05, 0) is 18.2 Å². The number of carbonyl (C=O) groups excluding carboxylic acids is 3. The molecule has 12 heteroatoms. The van der Waals surface area contributed by atoms with E-state index in [0.717, 1.165) is 18.2 Å². The van der Waals surface area contributed by atoms with Crippen molar-refractivity contribution in [2.24, 2.45) is 0 Å². The summed E-state index contributed by atoms with van der Waals surface area (Å²) >= 11 is 1.41. The number of thiazole rings is 1. The number of amides is 3. The minimum Gasteiger partial charge on any atom is -0.465 e. The number of aromatic nitrogens is 1. The molecule has 3 amide bonds. The van der Waals surface area contributed by atoms with Gasteiger partial charge in [-0.1, -0.05) is 0 Å². The summed E-state index contributed by atoms with van der Waals surface area (Å²) in [5.74, 6) is -0.672. The second-order valence-electron chi connectivity index (χ2n) is 6.86. The molecule has 0 spiro atoms. The number of anilines is 3. The van der Waals surface area contributed by atoms with Crippen molar-refractivity contribution in [2.45, 2.75) is 6.10 Å². The van der Waals surface area contributed by atoms with Gasteiger partial charge >= 0.3 is 12.0 Å². The molecule has 0 bridgehead atoms. The van der Waals surface area contributed by atoms with Gasteiger partial charge in [0.25, 0.3) is 5.91 Å². The fourth-order valence-corrected chi connectivity index (χ4v) is 3.71. The van der Waals surface area contributed by atoms with E-state index >= 15 is 0 Å². The van der Waals surface area contributed by atoms with Gasteiger partial charge in [-0.3, -0.25) is 10.1 Å². The average molecular weight is 464 g/mol. The van der Waals surface area contributed by atoms with Gasteiger partial charge in [-0.25, -0.2) is 14.6 Å². The van der Waals surface area contributed by atoms with E-state index in [1.54, 1.807) is 12.5 Å². The molecule has 1 aromatic heterocycles. The first-order chi connectivity index (χ1) is 15.4. The van der Waals surface area contributed by atoms with Gasteiger partial charge < -0.3 is 29.7 Å². The summed E-state index contributed by atoms with van der Waals surface area (Å²) in [6.07, 6.45) is 0.194. The summed E-state index contributed by atoms with van der Waals surface area (Å²) in [4.78, 5) is 43.4. The molecular weight excluding hydrogens is 438 g/mol. The summed E-state index contributed by atoms with van der Waals surface area (Å²) in [5.41, 5.74) is 0.527. The van der Waals surface area contributed by atoms with Crippen molar-refractivity contribution in [3.63, 3.8) is 0 Å². The number of ether oxygens (including phenoxy) is 3. The molecule has 1 aliphatic heterocycles. The Hall–Kier alpha value is -3.22. The standard InChI is InChI=1S/C20H25N5O6S/c1-29-7-6-21-17(26)14-8-12(18(27)31-3)4-5-15(14)22-19(28)23-16-11-32-20(24-16)25-9-13(10-25)30-2/h4-5,8,11,13H,6-7,9-10H2,1-3H3,(H,21,26)(H2,22,23,28). The van der Waals surface area contributed by atoms with Gasteiger partial charge in [0.15, 0.2) is 5.13 Å². The van der Waals surface area contributed by atoms with Crippen molar-refractivity contribution < 1.29 is 28.6 Å². The van der Waals surface area contributed by atoms with Gasteiger partial charge in [-0.15, -0.1) is 11.3 Å². The summed E-state index contributed by atoms with van der Waals surface area (Å²) in [7, 11) is 4.44. The minimum atomic E-state index is -0.594. The summed E-state index contributed by atoms with van der Waals surface area (Å²) in [5, 5.41) is 10.5. The molecule has 172 valence electrons. The molecule has 1 fully saturated rings. The zero-order chi connectivity index (χ0) is 23.1. The van der Waals surface area contributed by atoms with Crippen molar-refractivity contribution in [2.75, 3.05) is 63.1 Å². The van der Waals surface area contributed by atoms with E-state index in [2.05, 4.69) is 25.8 Å². The molecule has 1 aromatic carbocycles. The first-order valence-corrected chi connectivity index (χ1v) is 10.6. The number of benzene rings is 1. The number of urea groups is 1. The average Bonchev–Trinajstić information content (AvgIpc) is 3.20. The molecule has 3 rings (SSSR count). The monoisotopic (exact) mass is 463 g/mol. The van der Waals surface area contributed by atoms with E-state index in [1.165, 1.54) is 43.8 Å². The van der Waals surface area contributed by atoms with Crippen LogP contribution in [0.15, 0.2) is 23.6 Å². The predicted octanol–water partition coefficient (Wildman–Crippen LogP) is 1.78. The Morgan fingerprint density at radius 2 is 1.97 bits per heavy atom. The predicted molar refractivity (Wildman–Crippen MR) is 120 cm³/mol. The Balaban J connectivity index is 1.68. The minimum absolute atomic E-state index is 0.115. The number of nitrogens with one attached hydrogen (secondary N) is 3. The lowest BCUT2D eigenvalue weighted by Gasteiger charge is -2.37. The van der Waals surface area contributed by atoms with Crippen molar-refractivity contribution in [1.82, 2.24) is 10.3 Å². The van der Waals surface area contributed by atoms with Gasteiger partial charge in [-0.2, -0.15) is 0 Å². The molecule has 0 aliphatic carbocycles. The second-order valence-corrected chi connectivity index (χ2v) is 7.69. The third kappa shape index (κ3) is 5.72. The Bertz CT molecular complexity index is 975. The van der Waals surface area contributed by atoms with Gasteiger partial charge in [0, 0.05) is 39.2 Å². The molecule has 1 saturated heterocycles. The molecule has 3 N–H and O–H groups in total. The number of carbonyl (C=O) groups is 3. The third-order valence-corrected chi connectivity index (χ3v) is 5.61. The quantitative estimate of drug-likeness (QED) is 0.379. The van der Waals surface area contributed by atoms with Crippen LogP contribution in [0.2, 0.25) is 0 Å². The number of rotatable bonds is 9. The van der Waals surface area contributed by atoms with E-state index in [9.17, 15) is 14.4 Å². The first kappa shape index (κ1) is 23.4. The maximum atomic E-state index is 12.6. The van der Waals surface area contributed by atoms with Crippen LogP contribution in [0.5, 0.6) is 0 Å². The lowest BCUT2D eigenvalue weighted by Crippen LogP contribution is -2.51. The fraction of sp³-hybridized carbons (Fsp3) is 0.400. The zero-order valence-corrected chi connectivity index (χ0v) is 18.8. The number of nitrogens with zero attached hydrogens (tertiary/aromatic N) is 2. The van der Waals surface area contributed by atoms with E-state index in [-0.39, 0.29) is 29.5 Å². The van der Waals surface area contributed by atoms with Crippen molar-refractivity contribution in [3.05, 3.63) is 34.7 Å². The Kier molecular flexibility index (Phi) is 7.98. The largest absolute Gasteiger partial charge is 0.465 e. The lowest BCUT2D eigenvalue weighted by atomic mass is 10.1. The summed E-state index contributed by atoms with van der Waals surface area (Å²) in [6.45, 7) is 2.10. The van der Waals surface area contributed by atoms with Gasteiger partial charge in [0.2, 0.25) is 0 Å². The molecule has 11 nitrogen and oxygen atoms in total. The normalized spacial score (nSPS) is 13.3. The molecule has 0 atom stereocenters. The van der Waals surface area contributed by atoms with E-state index in [0.29, 0.717) is 12.4 Å². The molecule has 0 unspecified atom stereocenters. The molecule has 0 saturated carbocycles. The van der Waals surface area contributed by atoms with Crippen LogP contribution in [0.4, 0.5) is 21.4 Å². The van der Waals surface area contributed by atoms with Crippen LogP contribution < -0.4 is 20.9 Å². The highest BCUT2D eigenvalue weighted by Gasteiger charge is 2.28. The number of methoxy groups -OCH3 is 3. The van der Waals surface area contributed by atoms with Gasteiger partial charge in [0.1, 0.15) is 5.82 Å². The van der Waals surface area contributed by atoms with E-state index in [1.807, 2.05) is 0 Å². The molecule has 1 aliphatic rings. The topological polar surface area (TPSA) is 131 Å². The second kappa shape index (κ2) is 10.9. The Morgan fingerprint density at radius 3 is 2.66 bits per heavy atom. The molecule has 2 heterocycles. The smallest absolute Gasteiger partial charge is 0.337 e. The van der Waals surface area contributed by atoms with Crippen molar-refractivity contribution in [1.29, 1.82) is 0 Å². The molecule has 32 heavy (non-hydrogen) atoms. The molecule has 2 aromatic rings. The number of hydrogen-bond donors (Lipinski definition) is 3. The Morgan fingerprint density at radius 1 is 1.19 bits per heavy atom. The van der Waals surface area contributed by atoms with Crippen LogP contribution in [-0.4, -0.2) is 76.6 Å². The summed E-state index contributed by atoms with van der Waals surface area (Å²) < 4.78 is 14.9. The maximum absolute atomic E-state index is 12.6. The van der Waals surface area contributed by atoms with Crippen LogP contribution >= 0.6 is 11.3 Å². The maximum Gasteiger partial charge on any atom is 0.337 e. The summed E-state index contributed by atoms with van der Waals surface area (Å²) in [6, 6.07) is 3.72. The fourth-order valence-electron chi connectivity index (χ4n) is 2.93. The van der Waals surface area contributed by atoms with Crippen molar-refractivity contribution >= 4 is 45.9 Å². The zero-order valence-electron chi connectivity index (χ0n) is 18.0. The Labute approximate surface area is 189 Å². The van der Waals surface area contributed by atoms with Crippen LogP contribution in [-0.2, 0) is 14.2 Å². The molecular formula is C20H25N5O6S. The van der Waals surface area contributed by atoms with E-state index in [4.69, 9.17) is 14.2 Å².